The Morgan fingerprint density at radius 3 is 2.50 bits per heavy atom. The number of benzene rings is 1. The summed E-state index contributed by atoms with van der Waals surface area (Å²) in [6.45, 7) is 0. The monoisotopic (exact) mass is 324 g/mol. The van der Waals surface area contributed by atoms with E-state index in [4.69, 9.17) is 11.5 Å². The van der Waals surface area contributed by atoms with Crippen LogP contribution in [-0.4, -0.2) is 18.5 Å². The predicted octanol–water partition coefficient (Wildman–Crippen LogP) is 1.95. The first-order valence-corrected chi connectivity index (χ1v) is 5.24. The molecule has 0 atom stereocenters. The van der Waals surface area contributed by atoms with E-state index in [1.54, 1.807) is 0 Å². The first-order valence-electron chi connectivity index (χ1n) is 4.45. The highest BCUT2D eigenvalue weighted by atomic mass is 79.9. The second kappa shape index (κ2) is 5.71. The number of halogens is 4. The molecule has 0 spiro atoms. The summed E-state index contributed by atoms with van der Waals surface area (Å²) in [6, 6.07) is 3.68. The fourth-order valence-corrected chi connectivity index (χ4v) is 1.43. The third-order valence-corrected chi connectivity index (χ3v) is 2.26. The van der Waals surface area contributed by atoms with Crippen molar-refractivity contribution in [2.24, 2.45) is 21.7 Å². The Morgan fingerprint density at radius 1 is 1.33 bits per heavy atom. The highest BCUT2D eigenvalue weighted by molar-refractivity contribution is 9.10. The zero-order chi connectivity index (χ0) is 13.8. The van der Waals surface area contributed by atoms with Crippen LogP contribution in [0.25, 0.3) is 0 Å². The third kappa shape index (κ3) is 5.04. The van der Waals surface area contributed by atoms with Gasteiger partial charge in [-0.1, -0.05) is 0 Å². The second-order valence-corrected chi connectivity index (χ2v) is 3.85. The van der Waals surface area contributed by atoms with Gasteiger partial charge in [0.2, 0.25) is 5.96 Å². The molecule has 0 saturated carbocycles. The molecular weight excluding hydrogens is 317 g/mol. The molecule has 9 heteroatoms. The number of alkyl halides is 3. The molecule has 1 rings (SSSR count). The molecule has 0 heterocycles. The predicted molar refractivity (Wildman–Crippen MR) is 64.2 cm³/mol. The summed E-state index contributed by atoms with van der Waals surface area (Å²) in [6.07, 6.45) is -3.45. The van der Waals surface area contributed by atoms with Crippen LogP contribution in [0.4, 0.5) is 13.2 Å². The fraction of sp³-hybridized carbons (Fsp3) is 0.111. The number of hydrogen-bond donors (Lipinski definition) is 2. The second-order valence-electron chi connectivity index (χ2n) is 3.00. The lowest BCUT2D eigenvalue weighted by Crippen LogP contribution is -2.21. The lowest BCUT2D eigenvalue weighted by Gasteiger charge is -2.09. The first-order chi connectivity index (χ1) is 8.28. The van der Waals surface area contributed by atoms with Crippen LogP contribution in [0.3, 0.4) is 0 Å². The van der Waals surface area contributed by atoms with Crippen molar-refractivity contribution in [1.29, 1.82) is 0 Å². The normalized spacial score (nSPS) is 11.6. The van der Waals surface area contributed by atoms with Crippen LogP contribution < -0.4 is 16.2 Å². The standard InChI is InChI=1S/C9H8BrF3N4O/c10-7-3-6(18-9(11,12)13)2-1-5(7)4-16-17-8(14)15/h1-4H,(H4,14,15,17). The van der Waals surface area contributed by atoms with E-state index >= 15 is 0 Å². The molecule has 0 bridgehead atoms. The summed E-state index contributed by atoms with van der Waals surface area (Å²) in [5.41, 5.74) is 10.6. The SMILES string of the molecule is NC(N)=NN=Cc1ccc(OC(F)(F)F)cc1Br. The van der Waals surface area contributed by atoms with E-state index in [1.807, 2.05) is 0 Å². The Kier molecular flexibility index (Phi) is 4.54. The van der Waals surface area contributed by atoms with Crippen LogP contribution in [0.15, 0.2) is 32.9 Å². The van der Waals surface area contributed by atoms with Gasteiger partial charge in [-0.2, -0.15) is 5.10 Å². The highest BCUT2D eigenvalue weighted by Crippen LogP contribution is 2.27. The van der Waals surface area contributed by atoms with Gasteiger partial charge in [-0.25, -0.2) is 0 Å². The summed E-state index contributed by atoms with van der Waals surface area (Å²) in [5.74, 6) is -0.562. The molecule has 98 valence electrons. The maximum absolute atomic E-state index is 12.0. The highest BCUT2D eigenvalue weighted by Gasteiger charge is 2.31. The van der Waals surface area contributed by atoms with Crippen LogP contribution >= 0.6 is 15.9 Å². The minimum Gasteiger partial charge on any atom is -0.406 e. The molecule has 0 unspecified atom stereocenters. The topological polar surface area (TPSA) is 86.0 Å². The van der Waals surface area contributed by atoms with E-state index in [9.17, 15) is 13.2 Å². The zero-order valence-corrected chi connectivity index (χ0v) is 10.4. The van der Waals surface area contributed by atoms with E-state index in [0.29, 0.717) is 10.0 Å². The molecule has 1 aromatic rings. The van der Waals surface area contributed by atoms with E-state index in [1.165, 1.54) is 12.3 Å². The molecule has 4 N–H and O–H groups in total. The van der Waals surface area contributed by atoms with Crippen molar-refractivity contribution in [2.75, 3.05) is 0 Å². The molecule has 0 fully saturated rings. The molecule has 5 nitrogen and oxygen atoms in total. The van der Waals surface area contributed by atoms with Gasteiger partial charge in [-0.15, -0.1) is 18.3 Å². The number of nitrogens with zero attached hydrogens (tertiary/aromatic N) is 2. The smallest absolute Gasteiger partial charge is 0.406 e. The summed E-state index contributed by atoms with van der Waals surface area (Å²) in [5, 5.41) is 6.88. The van der Waals surface area contributed by atoms with Gasteiger partial charge in [0, 0.05) is 10.0 Å². The van der Waals surface area contributed by atoms with Gasteiger partial charge in [0.15, 0.2) is 0 Å². The van der Waals surface area contributed by atoms with Crippen LogP contribution in [0.1, 0.15) is 5.56 Å². The molecule has 0 saturated heterocycles. The van der Waals surface area contributed by atoms with Gasteiger partial charge < -0.3 is 16.2 Å². The fourth-order valence-electron chi connectivity index (χ4n) is 0.967. The van der Waals surface area contributed by atoms with Crippen LogP contribution in [0.2, 0.25) is 0 Å². The Hall–Kier alpha value is -1.77. The molecule has 18 heavy (non-hydrogen) atoms. The van der Waals surface area contributed by atoms with Gasteiger partial charge in [0.1, 0.15) is 5.75 Å². The first kappa shape index (κ1) is 14.3. The third-order valence-electron chi connectivity index (χ3n) is 1.58. The zero-order valence-electron chi connectivity index (χ0n) is 8.78. The number of hydrogen-bond acceptors (Lipinski definition) is 3. The lowest BCUT2D eigenvalue weighted by molar-refractivity contribution is -0.274. The van der Waals surface area contributed by atoms with E-state index in [0.717, 1.165) is 12.1 Å². The molecule has 0 amide bonds. The van der Waals surface area contributed by atoms with Crippen LogP contribution in [-0.2, 0) is 0 Å². The Labute approximate surface area is 108 Å². The summed E-state index contributed by atoms with van der Waals surface area (Å²) < 4.78 is 40.0. The number of ether oxygens (including phenoxy) is 1. The summed E-state index contributed by atoms with van der Waals surface area (Å²) >= 11 is 3.07. The molecule has 0 aliphatic heterocycles. The maximum Gasteiger partial charge on any atom is 0.573 e. The molecule has 0 radical (unpaired) electrons. The molecule has 1 aromatic carbocycles. The van der Waals surface area contributed by atoms with Gasteiger partial charge >= 0.3 is 6.36 Å². The van der Waals surface area contributed by atoms with Crippen molar-refractivity contribution in [1.82, 2.24) is 0 Å². The molecule has 0 aliphatic rings. The van der Waals surface area contributed by atoms with E-state index in [-0.39, 0.29) is 11.7 Å². The number of rotatable bonds is 3. The largest absolute Gasteiger partial charge is 0.573 e. The van der Waals surface area contributed by atoms with Crippen molar-refractivity contribution >= 4 is 28.1 Å². The maximum atomic E-state index is 12.0. The minimum absolute atomic E-state index is 0.223. The minimum atomic E-state index is -4.73. The van der Waals surface area contributed by atoms with Crippen molar-refractivity contribution in [3.05, 3.63) is 28.2 Å². The molecule has 0 aliphatic carbocycles. The van der Waals surface area contributed by atoms with Gasteiger partial charge in [-0.05, 0) is 34.1 Å². The molecular formula is C9H8BrF3N4O. The van der Waals surface area contributed by atoms with Crippen molar-refractivity contribution in [2.45, 2.75) is 6.36 Å². The molecule has 0 aromatic heterocycles. The number of nitrogens with two attached hydrogens (primary N) is 2. The van der Waals surface area contributed by atoms with Crippen LogP contribution in [0, 0.1) is 0 Å². The Morgan fingerprint density at radius 2 is 2.00 bits per heavy atom. The van der Waals surface area contributed by atoms with Crippen molar-refractivity contribution in [3.63, 3.8) is 0 Å². The van der Waals surface area contributed by atoms with E-state index in [2.05, 4.69) is 30.9 Å². The van der Waals surface area contributed by atoms with Gasteiger partial charge in [-0.3, -0.25) is 0 Å². The average Bonchev–Trinajstić information content (AvgIpc) is 2.18. The Balaban J connectivity index is 2.86. The average molecular weight is 325 g/mol. The van der Waals surface area contributed by atoms with E-state index < -0.39 is 6.36 Å². The van der Waals surface area contributed by atoms with Gasteiger partial charge in [0.25, 0.3) is 0 Å². The van der Waals surface area contributed by atoms with Crippen LogP contribution in [0.5, 0.6) is 5.75 Å². The van der Waals surface area contributed by atoms with Crippen molar-refractivity contribution < 1.29 is 17.9 Å². The Bertz CT molecular complexity index is 483. The summed E-state index contributed by atoms with van der Waals surface area (Å²) in [7, 11) is 0. The summed E-state index contributed by atoms with van der Waals surface area (Å²) in [4.78, 5) is 0. The number of guanidine groups is 1. The van der Waals surface area contributed by atoms with Crippen molar-refractivity contribution in [3.8, 4) is 5.75 Å². The lowest BCUT2D eigenvalue weighted by atomic mass is 10.2. The quantitative estimate of drug-likeness (QED) is 0.506. The van der Waals surface area contributed by atoms with Gasteiger partial charge in [0.05, 0.1) is 6.21 Å².